The zero-order valence-electron chi connectivity index (χ0n) is 11.9. The predicted octanol–water partition coefficient (Wildman–Crippen LogP) is 0.813. The number of nitrogens with zero attached hydrogens (tertiary/aromatic N) is 7. The van der Waals surface area contributed by atoms with Gasteiger partial charge in [-0.15, -0.1) is 0 Å². The first-order valence-corrected chi connectivity index (χ1v) is 6.71. The molecule has 0 radical (unpaired) electrons. The molecule has 0 amide bonds. The van der Waals surface area contributed by atoms with Crippen LogP contribution >= 0.6 is 0 Å². The number of rotatable bonds is 5. The van der Waals surface area contributed by atoms with Crippen LogP contribution in [0.5, 0.6) is 0 Å². The molecule has 0 aliphatic heterocycles. The fraction of sp³-hybridized carbons (Fsp3) is 0.308. The molecule has 0 saturated heterocycles. The summed E-state index contributed by atoms with van der Waals surface area (Å²) in [6.45, 7) is 2.74. The van der Waals surface area contributed by atoms with Crippen LogP contribution in [-0.4, -0.2) is 40.8 Å². The summed E-state index contributed by atoms with van der Waals surface area (Å²) in [7, 11) is 1.95. The summed E-state index contributed by atoms with van der Waals surface area (Å²) >= 11 is 0. The molecule has 8 nitrogen and oxygen atoms in total. The Hall–Kier alpha value is -2.77. The van der Waals surface area contributed by atoms with E-state index in [2.05, 4.69) is 30.4 Å². The molecule has 3 heterocycles. The second-order valence-electron chi connectivity index (χ2n) is 4.49. The lowest BCUT2D eigenvalue weighted by molar-refractivity contribution is 0.749. The van der Waals surface area contributed by atoms with Crippen molar-refractivity contribution in [1.82, 2.24) is 34.3 Å². The maximum Gasteiger partial charge on any atom is 0.255 e. The van der Waals surface area contributed by atoms with Crippen molar-refractivity contribution in [3.8, 4) is 5.95 Å². The highest BCUT2D eigenvalue weighted by atomic mass is 15.4. The molecule has 8 heteroatoms. The molecule has 0 saturated carbocycles. The number of hydrogen-bond donors (Lipinski definition) is 1. The van der Waals surface area contributed by atoms with Crippen molar-refractivity contribution in [2.24, 2.45) is 7.05 Å². The van der Waals surface area contributed by atoms with Crippen molar-refractivity contribution in [3.05, 3.63) is 42.5 Å². The molecule has 0 aliphatic rings. The summed E-state index contributed by atoms with van der Waals surface area (Å²) in [5.41, 5.74) is 0. The number of nitrogens with one attached hydrogen (secondary N) is 1. The summed E-state index contributed by atoms with van der Waals surface area (Å²) in [6, 6.07) is 1.83. The highest BCUT2D eigenvalue weighted by Crippen LogP contribution is 2.08. The van der Waals surface area contributed by atoms with Crippen LogP contribution in [0.2, 0.25) is 0 Å². The Morgan fingerprint density at radius 3 is 2.71 bits per heavy atom. The van der Waals surface area contributed by atoms with Crippen molar-refractivity contribution in [2.45, 2.75) is 13.3 Å². The Balaban J connectivity index is 1.97. The molecule has 0 aromatic carbocycles. The van der Waals surface area contributed by atoms with E-state index in [1.165, 1.54) is 0 Å². The van der Waals surface area contributed by atoms with Gasteiger partial charge in [-0.05, 0) is 13.0 Å². The number of imidazole rings is 1. The average Bonchev–Trinajstić information content (AvgIpc) is 3.12. The van der Waals surface area contributed by atoms with E-state index in [1.807, 2.05) is 30.8 Å². The van der Waals surface area contributed by atoms with Gasteiger partial charge in [0.2, 0.25) is 5.95 Å². The van der Waals surface area contributed by atoms with E-state index in [0.29, 0.717) is 24.1 Å². The summed E-state index contributed by atoms with van der Waals surface area (Å²) in [5.74, 6) is 2.59. The van der Waals surface area contributed by atoms with Crippen molar-refractivity contribution in [3.63, 3.8) is 0 Å². The Labute approximate surface area is 121 Å². The SMILES string of the molecule is CCNc1nc(Cc2nccn2C)nc(-n2cccn2)n1. The summed E-state index contributed by atoms with van der Waals surface area (Å²) in [4.78, 5) is 17.5. The third kappa shape index (κ3) is 2.88. The molecular formula is C13H16N8. The molecule has 0 fully saturated rings. The van der Waals surface area contributed by atoms with Gasteiger partial charge in [0.05, 0.1) is 6.42 Å². The van der Waals surface area contributed by atoms with Gasteiger partial charge in [-0.25, -0.2) is 9.67 Å². The zero-order chi connectivity index (χ0) is 14.7. The number of anilines is 1. The van der Waals surface area contributed by atoms with Gasteiger partial charge >= 0.3 is 0 Å². The van der Waals surface area contributed by atoms with Gasteiger partial charge in [-0.1, -0.05) is 0 Å². The van der Waals surface area contributed by atoms with Gasteiger partial charge < -0.3 is 9.88 Å². The summed E-state index contributed by atoms with van der Waals surface area (Å²) in [6.07, 6.45) is 7.69. The van der Waals surface area contributed by atoms with E-state index in [9.17, 15) is 0 Å². The fourth-order valence-electron chi connectivity index (χ4n) is 1.92. The number of aryl methyl sites for hydroxylation is 1. The Kier molecular flexibility index (Phi) is 3.59. The van der Waals surface area contributed by atoms with E-state index in [-0.39, 0.29) is 0 Å². The molecule has 0 unspecified atom stereocenters. The van der Waals surface area contributed by atoms with Gasteiger partial charge in [-0.2, -0.15) is 20.1 Å². The second kappa shape index (κ2) is 5.70. The van der Waals surface area contributed by atoms with Gasteiger partial charge in [0.1, 0.15) is 11.6 Å². The summed E-state index contributed by atoms with van der Waals surface area (Å²) in [5, 5.41) is 7.27. The molecule has 21 heavy (non-hydrogen) atoms. The van der Waals surface area contributed by atoms with Crippen molar-refractivity contribution >= 4 is 5.95 Å². The zero-order valence-corrected chi connectivity index (χ0v) is 11.9. The quantitative estimate of drug-likeness (QED) is 0.746. The Morgan fingerprint density at radius 2 is 2.05 bits per heavy atom. The van der Waals surface area contributed by atoms with E-state index >= 15 is 0 Å². The van der Waals surface area contributed by atoms with Crippen LogP contribution in [-0.2, 0) is 13.5 Å². The maximum absolute atomic E-state index is 4.46. The molecule has 0 atom stereocenters. The molecule has 3 aromatic heterocycles. The van der Waals surface area contributed by atoms with Crippen LogP contribution in [0.3, 0.4) is 0 Å². The molecular weight excluding hydrogens is 268 g/mol. The highest BCUT2D eigenvalue weighted by molar-refractivity contribution is 5.28. The van der Waals surface area contributed by atoms with Crippen molar-refractivity contribution in [1.29, 1.82) is 0 Å². The van der Waals surface area contributed by atoms with Crippen LogP contribution in [0.15, 0.2) is 30.9 Å². The lowest BCUT2D eigenvalue weighted by atomic mass is 10.4. The van der Waals surface area contributed by atoms with Crippen molar-refractivity contribution < 1.29 is 0 Å². The third-order valence-electron chi connectivity index (χ3n) is 2.95. The maximum atomic E-state index is 4.46. The van der Waals surface area contributed by atoms with Gasteiger partial charge in [0.15, 0.2) is 0 Å². The van der Waals surface area contributed by atoms with E-state index in [4.69, 9.17) is 0 Å². The Morgan fingerprint density at radius 1 is 1.14 bits per heavy atom. The van der Waals surface area contributed by atoms with Crippen LogP contribution in [0.25, 0.3) is 5.95 Å². The lowest BCUT2D eigenvalue weighted by Gasteiger charge is -2.07. The minimum atomic E-state index is 0.496. The van der Waals surface area contributed by atoms with E-state index in [0.717, 1.165) is 12.4 Å². The minimum absolute atomic E-state index is 0.496. The van der Waals surface area contributed by atoms with Crippen LogP contribution in [0.1, 0.15) is 18.6 Å². The molecule has 108 valence electrons. The van der Waals surface area contributed by atoms with Crippen molar-refractivity contribution in [2.75, 3.05) is 11.9 Å². The standard InChI is InChI=1S/C13H16N8/c1-3-14-12-17-10(9-11-15-6-8-20(11)2)18-13(19-12)21-7-4-5-16-21/h4-8H,3,9H2,1-2H3,(H,14,17,18,19). The second-order valence-corrected chi connectivity index (χ2v) is 4.49. The molecule has 0 bridgehead atoms. The van der Waals surface area contributed by atoms with E-state index in [1.54, 1.807) is 23.3 Å². The molecule has 3 rings (SSSR count). The predicted molar refractivity (Wildman–Crippen MR) is 77.1 cm³/mol. The first-order chi connectivity index (χ1) is 10.3. The van der Waals surface area contributed by atoms with Crippen LogP contribution in [0, 0.1) is 0 Å². The fourth-order valence-corrected chi connectivity index (χ4v) is 1.92. The van der Waals surface area contributed by atoms with Gasteiger partial charge in [0.25, 0.3) is 5.95 Å². The van der Waals surface area contributed by atoms with E-state index < -0.39 is 0 Å². The van der Waals surface area contributed by atoms with Gasteiger partial charge in [0, 0.05) is 38.4 Å². The highest BCUT2D eigenvalue weighted by Gasteiger charge is 2.10. The average molecular weight is 284 g/mol. The Bertz CT molecular complexity index is 716. The minimum Gasteiger partial charge on any atom is -0.354 e. The van der Waals surface area contributed by atoms with Gasteiger partial charge in [-0.3, -0.25) is 0 Å². The molecule has 1 N–H and O–H groups in total. The third-order valence-corrected chi connectivity index (χ3v) is 2.95. The molecule has 0 aliphatic carbocycles. The topological polar surface area (TPSA) is 86.3 Å². The normalized spacial score (nSPS) is 10.8. The summed E-state index contributed by atoms with van der Waals surface area (Å²) < 4.78 is 3.56. The molecule has 0 spiro atoms. The molecule has 3 aromatic rings. The largest absolute Gasteiger partial charge is 0.354 e. The number of aromatic nitrogens is 7. The van der Waals surface area contributed by atoms with Crippen LogP contribution in [0.4, 0.5) is 5.95 Å². The lowest BCUT2D eigenvalue weighted by Crippen LogP contribution is -2.13. The smallest absolute Gasteiger partial charge is 0.255 e. The number of hydrogen-bond acceptors (Lipinski definition) is 6. The first kappa shape index (κ1) is 13.2. The first-order valence-electron chi connectivity index (χ1n) is 6.71. The van der Waals surface area contributed by atoms with Crippen LogP contribution < -0.4 is 5.32 Å². The monoisotopic (exact) mass is 284 g/mol.